The maximum absolute atomic E-state index is 12.7. The number of hydrogen-bond acceptors (Lipinski definition) is 5. The predicted octanol–water partition coefficient (Wildman–Crippen LogP) is 1.78. The number of pyridine rings is 1. The second kappa shape index (κ2) is 5.19. The van der Waals surface area contributed by atoms with Gasteiger partial charge in [-0.2, -0.15) is 0 Å². The van der Waals surface area contributed by atoms with E-state index in [1.807, 2.05) is 20.0 Å². The van der Waals surface area contributed by atoms with E-state index in [0.29, 0.717) is 22.4 Å². The van der Waals surface area contributed by atoms with Crippen molar-refractivity contribution in [3.8, 4) is 0 Å². The molecule has 1 atom stereocenters. The largest absolute Gasteiger partial charge is 0.347 e. The van der Waals surface area contributed by atoms with Crippen LogP contribution in [0.15, 0.2) is 23.0 Å². The molecule has 1 unspecified atom stereocenters. The van der Waals surface area contributed by atoms with Gasteiger partial charge in [-0.1, -0.05) is 5.16 Å². The Kier molecular flexibility index (Phi) is 3.14. The molecule has 4 heterocycles. The van der Waals surface area contributed by atoms with Gasteiger partial charge in [0.1, 0.15) is 5.82 Å². The third-order valence-corrected chi connectivity index (χ3v) is 4.26. The molecule has 1 amide bonds. The van der Waals surface area contributed by atoms with E-state index in [0.717, 1.165) is 30.9 Å². The monoisotopic (exact) mass is 311 g/mol. The Morgan fingerprint density at radius 2 is 2.30 bits per heavy atom. The van der Waals surface area contributed by atoms with Gasteiger partial charge in [-0.05, 0) is 26.3 Å². The molecule has 118 valence electrons. The summed E-state index contributed by atoms with van der Waals surface area (Å²) in [6.07, 6.45) is 5.51. The first-order valence-electron chi connectivity index (χ1n) is 7.66. The topological polar surface area (TPSA) is 85.8 Å². The highest BCUT2D eigenvalue weighted by atomic mass is 16.5. The molecule has 0 fully saturated rings. The molecule has 0 aromatic carbocycles. The van der Waals surface area contributed by atoms with Crippen LogP contribution in [0.5, 0.6) is 0 Å². The number of carbonyl (C=O) groups excluding carboxylic acids is 1. The van der Waals surface area contributed by atoms with E-state index in [2.05, 4.69) is 25.0 Å². The SMILES string of the molecule is Cc1cc(C(=O)NC2CCc3nccn3C2)c2c(C)noc2n1. The van der Waals surface area contributed by atoms with Crippen molar-refractivity contribution in [1.29, 1.82) is 0 Å². The minimum Gasteiger partial charge on any atom is -0.347 e. The quantitative estimate of drug-likeness (QED) is 0.779. The maximum atomic E-state index is 12.7. The molecule has 23 heavy (non-hydrogen) atoms. The van der Waals surface area contributed by atoms with Crippen LogP contribution in [-0.2, 0) is 13.0 Å². The van der Waals surface area contributed by atoms with Crippen molar-refractivity contribution in [2.45, 2.75) is 39.3 Å². The average Bonchev–Trinajstić information content (AvgIpc) is 3.13. The minimum absolute atomic E-state index is 0.0906. The zero-order chi connectivity index (χ0) is 16.0. The molecule has 7 nitrogen and oxygen atoms in total. The summed E-state index contributed by atoms with van der Waals surface area (Å²) in [6, 6.07) is 1.88. The van der Waals surface area contributed by atoms with Crippen molar-refractivity contribution < 1.29 is 9.32 Å². The van der Waals surface area contributed by atoms with Gasteiger partial charge in [-0.25, -0.2) is 9.97 Å². The lowest BCUT2D eigenvalue weighted by Gasteiger charge is -2.24. The Bertz CT molecular complexity index is 895. The molecule has 0 radical (unpaired) electrons. The Hall–Kier alpha value is -2.70. The number of fused-ring (bicyclic) bond motifs is 2. The standard InChI is InChI=1S/C16H17N5O2/c1-9-7-12(14-10(2)20-23-16(14)18-9)15(22)19-11-3-4-13-17-5-6-21(13)8-11/h5-7,11H,3-4,8H2,1-2H3,(H,19,22). The van der Waals surface area contributed by atoms with Crippen LogP contribution in [-0.4, -0.2) is 31.6 Å². The van der Waals surface area contributed by atoms with Crippen molar-refractivity contribution >= 4 is 17.0 Å². The van der Waals surface area contributed by atoms with Gasteiger partial charge in [-0.3, -0.25) is 4.79 Å². The molecule has 1 aliphatic heterocycles. The molecule has 0 spiro atoms. The maximum Gasteiger partial charge on any atom is 0.258 e. The summed E-state index contributed by atoms with van der Waals surface area (Å²) in [4.78, 5) is 21.3. The van der Waals surface area contributed by atoms with Gasteiger partial charge in [0.2, 0.25) is 0 Å². The fraction of sp³-hybridized carbons (Fsp3) is 0.375. The van der Waals surface area contributed by atoms with Crippen LogP contribution in [0, 0.1) is 13.8 Å². The lowest BCUT2D eigenvalue weighted by Crippen LogP contribution is -2.41. The zero-order valence-corrected chi connectivity index (χ0v) is 13.0. The molecule has 0 saturated carbocycles. The minimum atomic E-state index is -0.111. The van der Waals surface area contributed by atoms with Crippen LogP contribution >= 0.6 is 0 Å². The van der Waals surface area contributed by atoms with Crippen LogP contribution in [0.3, 0.4) is 0 Å². The van der Waals surface area contributed by atoms with Crippen molar-refractivity contribution in [3.63, 3.8) is 0 Å². The van der Waals surface area contributed by atoms with Crippen LogP contribution < -0.4 is 5.32 Å². The lowest BCUT2D eigenvalue weighted by molar-refractivity contribution is 0.0929. The van der Waals surface area contributed by atoms with E-state index in [4.69, 9.17) is 4.52 Å². The second-order valence-electron chi connectivity index (χ2n) is 5.96. The Morgan fingerprint density at radius 1 is 1.43 bits per heavy atom. The number of aromatic nitrogens is 4. The van der Waals surface area contributed by atoms with Gasteiger partial charge < -0.3 is 14.4 Å². The highest BCUT2D eigenvalue weighted by Gasteiger charge is 2.23. The van der Waals surface area contributed by atoms with Crippen LogP contribution in [0.1, 0.15) is 34.0 Å². The first kappa shape index (κ1) is 13.9. The van der Waals surface area contributed by atoms with Gasteiger partial charge in [0, 0.05) is 37.1 Å². The van der Waals surface area contributed by atoms with Crippen LogP contribution in [0.25, 0.3) is 11.1 Å². The molecule has 3 aromatic rings. The van der Waals surface area contributed by atoms with Gasteiger partial charge >= 0.3 is 0 Å². The fourth-order valence-corrected chi connectivity index (χ4v) is 3.14. The Labute approximate surface area is 132 Å². The first-order valence-corrected chi connectivity index (χ1v) is 7.66. The van der Waals surface area contributed by atoms with Crippen molar-refractivity contribution in [3.05, 3.63) is 41.2 Å². The normalized spacial score (nSPS) is 17.2. The number of imidazole rings is 1. The molecule has 0 saturated heterocycles. The smallest absolute Gasteiger partial charge is 0.258 e. The van der Waals surface area contributed by atoms with Crippen LogP contribution in [0.4, 0.5) is 0 Å². The number of carbonyl (C=O) groups is 1. The third kappa shape index (κ3) is 2.38. The number of rotatable bonds is 2. The zero-order valence-electron chi connectivity index (χ0n) is 13.0. The van der Waals surface area contributed by atoms with Crippen molar-refractivity contribution in [2.75, 3.05) is 0 Å². The number of nitrogens with one attached hydrogen (secondary N) is 1. The summed E-state index contributed by atoms with van der Waals surface area (Å²) in [6.45, 7) is 4.40. The summed E-state index contributed by atoms with van der Waals surface area (Å²) < 4.78 is 7.28. The predicted molar refractivity (Wildman–Crippen MR) is 83.1 cm³/mol. The first-order chi connectivity index (χ1) is 11.1. The van der Waals surface area contributed by atoms with Gasteiger partial charge in [-0.15, -0.1) is 0 Å². The highest BCUT2D eigenvalue weighted by molar-refractivity contribution is 6.06. The van der Waals surface area contributed by atoms with E-state index in [1.165, 1.54) is 0 Å². The molecule has 0 bridgehead atoms. The molecule has 1 aliphatic rings. The van der Waals surface area contributed by atoms with Crippen molar-refractivity contribution in [1.82, 2.24) is 25.0 Å². The fourth-order valence-electron chi connectivity index (χ4n) is 3.14. The van der Waals surface area contributed by atoms with Crippen LogP contribution in [0.2, 0.25) is 0 Å². The molecular formula is C16H17N5O2. The van der Waals surface area contributed by atoms with Crippen molar-refractivity contribution in [2.24, 2.45) is 0 Å². The molecule has 0 aliphatic carbocycles. The van der Waals surface area contributed by atoms with Gasteiger partial charge in [0.25, 0.3) is 11.6 Å². The number of hydrogen-bond donors (Lipinski definition) is 1. The summed E-state index contributed by atoms with van der Waals surface area (Å²) in [7, 11) is 0. The summed E-state index contributed by atoms with van der Waals surface area (Å²) in [5.74, 6) is 0.966. The molecule has 7 heteroatoms. The molecular weight excluding hydrogens is 294 g/mol. The lowest BCUT2D eigenvalue weighted by atomic mass is 10.1. The molecule has 3 aromatic heterocycles. The van der Waals surface area contributed by atoms with E-state index in [1.54, 1.807) is 12.3 Å². The number of nitrogens with zero attached hydrogens (tertiary/aromatic N) is 4. The van der Waals surface area contributed by atoms with E-state index < -0.39 is 0 Å². The van der Waals surface area contributed by atoms with E-state index in [-0.39, 0.29) is 11.9 Å². The number of amides is 1. The average molecular weight is 311 g/mol. The number of aryl methyl sites for hydroxylation is 3. The Balaban J connectivity index is 1.62. The molecule has 4 rings (SSSR count). The van der Waals surface area contributed by atoms with Gasteiger partial charge in [0.15, 0.2) is 0 Å². The van der Waals surface area contributed by atoms with E-state index in [9.17, 15) is 4.79 Å². The third-order valence-electron chi connectivity index (χ3n) is 4.26. The van der Waals surface area contributed by atoms with E-state index >= 15 is 0 Å². The Morgan fingerprint density at radius 3 is 3.17 bits per heavy atom. The van der Waals surface area contributed by atoms with Gasteiger partial charge in [0.05, 0.1) is 16.6 Å². The summed E-state index contributed by atoms with van der Waals surface area (Å²) in [5.41, 5.74) is 2.40. The molecule has 1 N–H and O–H groups in total. The highest BCUT2D eigenvalue weighted by Crippen LogP contribution is 2.22. The summed E-state index contributed by atoms with van der Waals surface area (Å²) in [5, 5.41) is 7.72. The summed E-state index contributed by atoms with van der Waals surface area (Å²) >= 11 is 0. The second-order valence-corrected chi connectivity index (χ2v) is 5.96.